The molecule has 2 aromatic rings. The summed E-state index contributed by atoms with van der Waals surface area (Å²) in [4.78, 5) is 26.1. The van der Waals surface area contributed by atoms with Crippen molar-refractivity contribution in [1.82, 2.24) is 0 Å². The third kappa shape index (κ3) is 4.35. The molecule has 1 unspecified atom stereocenters. The highest BCUT2D eigenvalue weighted by Crippen LogP contribution is 2.42. The number of aliphatic hydroxyl groups is 1. The number of anilines is 1. The predicted octanol–water partition coefficient (Wildman–Crippen LogP) is 3.97. The van der Waals surface area contributed by atoms with Gasteiger partial charge in [-0.05, 0) is 42.5 Å². The lowest BCUT2D eigenvalue weighted by Crippen LogP contribution is -2.42. The number of nitrogens with zero attached hydrogens (tertiary/aromatic N) is 1. The van der Waals surface area contributed by atoms with Crippen molar-refractivity contribution < 1.29 is 19.4 Å². The van der Waals surface area contributed by atoms with Crippen LogP contribution in [-0.2, 0) is 20.6 Å². The first-order valence-electron chi connectivity index (χ1n) is 9.99. The summed E-state index contributed by atoms with van der Waals surface area (Å²) in [7, 11) is 0. The number of hydrogen-bond acceptors (Lipinski definition) is 4. The second-order valence-electron chi connectivity index (χ2n) is 8.69. The van der Waals surface area contributed by atoms with E-state index in [2.05, 4.69) is 32.9 Å². The minimum Gasteiger partial charge on any atom is -0.494 e. The molecule has 0 saturated heterocycles. The monoisotopic (exact) mass is 395 g/mol. The molecule has 29 heavy (non-hydrogen) atoms. The molecule has 0 radical (unpaired) electrons. The number of carbonyl (C=O) groups is 2. The Morgan fingerprint density at radius 1 is 1.10 bits per heavy atom. The first-order chi connectivity index (χ1) is 13.6. The molecule has 5 nitrogen and oxygen atoms in total. The van der Waals surface area contributed by atoms with E-state index in [1.807, 2.05) is 18.2 Å². The van der Waals surface area contributed by atoms with Gasteiger partial charge in [0.25, 0.3) is 5.91 Å². The van der Waals surface area contributed by atoms with E-state index in [1.165, 1.54) is 12.5 Å². The summed E-state index contributed by atoms with van der Waals surface area (Å²) in [6, 6.07) is 15.2. The van der Waals surface area contributed by atoms with E-state index in [1.54, 1.807) is 23.1 Å². The summed E-state index contributed by atoms with van der Waals surface area (Å²) >= 11 is 0. The Balaban J connectivity index is 1.62. The van der Waals surface area contributed by atoms with Crippen LogP contribution in [0.15, 0.2) is 48.5 Å². The van der Waals surface area contributed by atoms with Crippen molar-refractivity contribution in [3.8, 4) is 5.75 Å². The number of fused-ring (bicyclic) bond motifs is 1. The van der Waals surface area contributed by atoms with Gasteiger partial charge in [-0.15, -0.1) is 0 Å². The minimum atomic E-state index is -1.77. The van der Waals surface area contributed by atoms with Gasteiger partial charge in [0.2, 0.25) is 0 Å². The number of benzene rings is 2. The van der Waals surface area contributed by atoms with Crippen LogP contribution in [0.25, 0.3) is 0 Å². The Morgan fingerprint density at radius 2 is 1.76 bits per heavy atom. The van der Waals surface area contributed by atoms with Crippen molar-refractivity contribution in [2.45, 2.75) is 51.6 Å². The minimum absolute atomic E-state index is 0.0959. The van der Waals surface area contributed by atoms with Crippen molar-refractivity contribution in [3.63, 3.8) is 0 Å². The molecular formula is C24H29NO4. The maximum atomic E-state index is 12.9. The molecule has 1 heterocycles. The fourth-order valence-electron chi connectivity index (χ4n) is 3.72. The molecule has 5 heteroatoms. The zero-order valence-corrected chi connectivity index (χ0v) is 17.6. The summed E-state index contributed by atoms with van der Waals surface area (Å²) in [5.41, 5.74) is 0.730. The van der Waals surface area contributed by atoms with E-state index in [-0.39, 0.29) is 17.6 Å². The molecule has 1 aliphatic rings. The van der Waals surface area contributed by atoms with Gasteiger partial charge in [0.05, 0.1) is 12.3 Å². The number of hydrogen-bond donors (Lipinski definition) is 1. The largest absolute Gasteiger partial charge is 0.494 e. The molecule has 0 fully saturated rings. The zero-order valence-electron chi connectivity index (χ0n) is 17.6. The maximum absolute atomic E-state index is 12.9. The van der Waals surface area contributed by atoms with Crippen molar-refractivity contribution in [2.24, 2.45) is 0 Å². The number of ketones is 1. The topological polar surface area (TPSA) is 66.8 Å². The average molecular weight is 395 g/mol. The summed E-state index contributed by atoms with van der Waals surface area (Å²) < 4.78 is 5.82. The van der Waals surface area contributed by atoms with Gasteiger partial charge in [-0.25, -0.2) is 0 Å². The van der Waals surface area contributed by atoms with E-state index in [0.29, 0.717) is 30.8 Å². The Hall–Kier alpha value is -2.66. The third-order valence-corrected chi connectivity index (χ3v) is 5.26. The molecule has 1 atom stereocenters. The number of ether oxygens (including phenoxy) is 1. The van der Waals surface area contributed by atoms with Crippen LogP contribution in [0.5, 0.6) is 5.75 Å². The van der Waals surface area contributed by atoms with Crippen LogP contribution in [0.1, 0.15) is 51.7 Å². The molecule has 0 bridgehead atoms. The fraction of sp³-hybridized carbons (Fsp3) is 0.417. The molecule has 3 rings (SSSR count). The highest BCUT2D eigenvalue weighted by molar-refractivity contribution is 6.08. The Labute approximate surface area is 172 Å². The molecule has 0 aliphatic carbocycles. The van der Waals surface area contributed by atoms with Crippen molar-refractivity contribution in [2.75, 3.05) is 18.1 Å². The van der Waals surface area contributed by atoms with Crippen LogP contribution in [0, 0.1) is 0 Å². The van der Waals surface area contributed by atoms with E-state index in [0.717, 1.165) is 5.75 Å². The van der Waals surface area contributed by atoms with E-state index < -0.39 is 11.5 Å². The molecule has 0 aromatic heterocycles. The lowest BCUT2D eigenvalue weighted by atomic mass is 9.87. The van der Waals surface area contributed by atoms with E-state index in [4.69, 9.17) is 4.74 Å². The molecular weight excluding hydrogens is 366 g/mol. The highest BCUT2D eigenvalue weighted by atomic mass is 16.5. The predicted molar refractivity (Wildman–Crippen MR) is 113 cm³/mol. The van der Waals surface area contributed by atoms with Gasteiger partial charge in [0.1, 0.15) is 11.5 Å². The number of carbonyl (C=O) groups excluding carboxylic acids is 2. The molecule has 0 saturated carbocycles. The van der Waals surface area contributed by atoms with Gasteiger partial charge in [-0.1, -0.05) is 51.1 Å². The zero-order chi connectivity index (χ0) is 21.2. The first-order valence-corrected chi connectivity index (χ1v) is 9.99. The normalized spacial score (nSPS) is 18.7. The van der Waals surface area contributed by atoms with E-state index in [9.17, 15) is 14.7 Å². The summed E-state index contributed by atoms with van der Waals surface area (Å²) in [5.74, 6) is 0.127. The molecule has 2 aromatic carbocycles. The lowest BCUT2D eigenvalue weighted by molar-refractivity contribution is -0.141. The quantitative estimate of drug-likeness (QED) is 0.721. The van der Waals surface area contributed by atoms with Gasteiger partial charge in [0.15, 0.2) is 5.60 Å². The average Bonchev–Trinajstić information content (AvgIpc) is 2.86. The SMILES string of the molecule is CC(=O)CC1(O)C(=O)N(CCCOc2ccc(C(C)(C)C)cc2)c2ccccc21. The van der Waals surface area contributed by atoms with Crippen molar-refractivity contribution in [3.05, 3.63) is 59.7 Å². The third-order valence-electron chi connectivity index (χ3n) is 5.26. The molecule has 1 amide bonds. The van der Waals surface area contributed by atoms with E-state index >= 15 is 0 Å². The highest BCUT2D eigenvalue weighted by Gasteiger charge is 2.49. The Bertz CT molecular complexity index is 898. The van der Waals surface area contributed by atoms with Crippen LogP contribution in [-0.4, -0.2) is 29.9 Å². The van der Waals surface area contributed by atoms with Gasteiger partial charge in [-0.2, -0.15) is 0 Å². The number of Topliss-reactive ketones (excluding diaryl/α,β-unsaturated/α-hetero) is 1. The van der Waals surface area contributed by atoms with Gasteiger partial charge < -0.3 is 14.7 Å². The molecule has 154 valence electrons. The molecule has 1 aliphatic heterocycles. The second kappa shape index (κ2) is 7.99. The smallest absolute Gasteiger partial charge is 0.264 e. The van der Waals surface area contributed by atoms with Gasteiger partial charge in [-0.3, -0.25) is 9.59 Å². The van der Waals surface area contributed by atoms with Crippen LogP contribution in [0.3, 0.4) is 0 Å². The summed E-state index contributed by atoms with van der Waals surface area (Å²) in [5, 5.41) is 10.9. The molecule has 0 spiro atoms. The fourth-order valence-corrected chi connectivity index (χ4v) is 3.72. The van der Waals surface area contributed by atoms with Crippen LogP contribution in [0.4, 0.5) is 5.69 Å². The Kier molecular flexibility index (Phi) is 5.80. The lowest BCUT2D eigenvalue weighted by Gasteiger charge is -2.22. The van der Waals surface area contributed by atoms with Crippen LogP contribution >= 0.6 is 0 Å². The number of amides is 1. The summed E-state index contributed by atoms with van der Waals surface area (Å²) in [6.45, 7) is 8.75. The first kappa shape index (κ1) is 21.1. The Morgan fingerprint density at radius 3 is 2.38 bits per heavy atom. The van der Waals surface area contributed by atoms with Crippen LogP contribution in [0.2, 0.25) is 0 Å². The number of para-hydroxylation sites is 1. The second-order valence-corrected chi connectivity index (χ2v) is 8.69. The van der Waals surface area contributed by atoms with Gasteiger partial charge in [0, 0.05) is 18.5 Å². The molecule has 1 N–H and O–H groups in total. The maximum Gasteiger partial charge on any atom is 0.264 e. The van der Waals surface area contributed by atoms with Crippen molar-refractivity contribution in [1.29, 1.82) is 0 Å². The van der Waals surface area contributed by atoms with Crippen molar-refractivity contribution >= 4 is 17.4 Å². The summed E-state index contributed by atoms with van der Waals surface area (Å²) in [6.07, 6.45) is 0.396. The number of rotatable bonds is 7. The van der Waals surface area contributed by atoms with Gasteiger partial charge >= 0.3 is 0 Å². The standard InChI is InChI=1S/C24H29NO4/c1-17(26)16-24(28)20-8-5-6-9-21(20)25(22(24)27)14-7-15-29-19-12-10-18(11-13-19)23(2,3)4/h5-6,8-13,28H,7,14-16H2,1-4H3. The van der Waals surface area contributed by atoms with Crippen LogP contribution < -0.4 is 9.64 Å².